The number of esters is 1. The van der Waals surface area contributed by atoms with Crippen molar-refractivity contribution in [2.75, 3.05) is 28.1 Å². The van der Waals surface area contributed by atoms with Crippen LogP contribution in [0.4, 0.5) is 0 Å². The van der Waals surface area contributed by atoms with Gasteiger partial charge in [-0.3, -0.25) is 4.79 Å². The Morgan fingerprint density at radius 2 is 1.80 bits per heavy atom. The van der Waals surface area contributed by atoms with Crippen molar-refractivity contribution in [2.24, 2.45) is 17.8 Å². The molecule has 35 heavy (non-hydrogen) atoms. The average molecular weight is 487 g/mol. The Labute approximate surface area is 206 Å². The third kappa shape index (κ3) is 4.09. The van der Waals surface area contributed by atoms with Crippen molar-refractivity contribution in [1.82, 2.24) is 0 Å². The minimum atomic E-state index is -0.592. The van der Waals surface area contributed by atoms with Gasteiger partial charge in [0.15, 0.2) is 23.0 Å². The van der Waals surface area contributed by atoms with Gasteiger partial charge in [-0.25, -0.2) is 0 Å². The van der Waals surface area contributed by atoms with Crippen LogP contribution in [0.2, 0.25) is 0 Å². The van der Waals surface area contributed by atoms with Crippen LogP contribution >= 0.6 is 0 Å². The normalized spacial score (nSPS) is 21.2. The minimum Gasteiger partial charge on any atom is -0.504 e. The van der Waals surface area contributed by atoms with Crippen molar-refractivity contribution in [2.45, 2.75) is 46.6 Å². The first-order valence-corrected chi connectivity index (χ1v) is 11.9. The number of rotatable bonds is 6. The van der Waals surface area contributed by atoms with Gasteiger partial charge >= 0.3 is 5.97 Å². The minimum absolute atomic E-state index is 0.0443. The molecule has 0 radical (unpaired) electrons. The molecule has 4 atom stereocenters. The molecule has 0 aromatic heterocycles. The lowest BCUT2D eigenvalue weighted by Crippen LogP contribution is -2.28. The van der Waals surface area contributed by atoms with Crippen LogP contribution in [-0.2, 0) is 16.0 Å². The summed E-state index contributed by atoms with van der Waals surface area (Å²) in [4.78, 5) is 13.0. The molecule has 1 N–H and O–H groups in total. The Hall–Kier alpha value is -3.29. The van der Waals surface area contributed by atoms with Gasteiger partial charge in [-0.1, -0.05) is 27.7 Å². The summed E-state index contributed by atoms with van der Waals surface area (Å²) in [5.74, 6) is 1.48. The number of phenols is 1. The van der Waals surface area contributed by atoms with Crippen LogP contribution in [0.1, 0.15) is 51.3 Å². The zero-order valence-corrected chi connectivity index (χ0v) is 21.4. The zero-order valence-electron chi connectivity index (χ0n) is 21.4. The lowest BCUT2D eigenvalue weighted by molar-refractivity contribution is -0.157. The number of ether oxygens (including phenoxy) is 6. The number of hydrogen-bond acceptors (Lipinski definition) is 8. The van der Waals surface area contributed by atoms with E-state index in [0.29, 0.717) is 52.5 Å². The molecule has 1 unspecified atom stereocenters. The molecule has 0 bridgehead atoms. The SMILES string of the molecule is CCC(C)C(=O)O[C@H]1c2cc3c(c(OC)c2-c2c(cc(OC)c(OC)c2O)C[C@@H](C)[C@H]1C)OCO3. The third-order valence-electron chi connectivity index (χ3n) is 7.31. The van der Waals surface area contributed by atoms with E-state index in [2.05, 4.69) is 13.8 Å². The first-order valence-electron chi connectivity index (χ1n) is 11.9. The van der Waals surface area contributed by atoms with Crippen molar-refractivity contribution in [1.29, 1.82) is 0 Å². The predicted molar refractivity (Wildman–Crippen MR) is 130 cm³/mol. The standard InChI is InChI=1S/C27H34O8/c1-8-13(2)27(29)35-23-15(4)14(3)9-16-10-18(30-5)24(31-6)22(28)20(16)21-17(23)11-19-25(26(21)32-7)34-12-33-19/h10-11,13-15,23,28H,8-9,12H2,1-7H3/t13?,14-,15-,23-/m1/s1. The lowest BCUT2D eigenvalue weighted by atomic mass is 9.75. The number of carbonyl (C=O) groups is 1. The number of aromatic hydroxyl groups is 1. The zero-order chi connectivity index (χ0) is 25.4. The molecule has 2 aromatic carbocycles. The highest BCUT2D eigenvalue weighted by Crippen LogP contribution is 2.58. The maximum Gasteiger partial charge on any atom is 0.309 e. The van der Waals surface area contributed by atoms with Crippen LogP contribution in [0.3, 0.4) is 0 Å². The van der Waals surface area contributed by atoms with Crippen molar-refractivity contribution in [3.05, 3.63) is 23.3 Å². The quantitative estimate of drug-likeness (QED) is 0.552. The molecule has 1 aliphatic heterocycles. The summed E-state index contributed by atoms with van der Waals surface area (Å²) in [6.07, 6.45) is 0.692. The molecular formula is C27H34O8. The van der Waals surface area contributed by atoms with Gasteiger partial charge in [-0.05, 0) is 36.5 Å². The van der Waals surface area contributed by atoms with Gasteiger partial charge in [0, 0.05) is 22.6 Å². The van der Waals surface area contributed by atoms with Gasteiger partial charge < -0.3 is 33.5 Å². The van der Waals surface area contributed by atoms with E-state index in [-0.39, 0.29) is 42.0 Å². The molecule has 0 saturated carbocycles. The monoisotopic (exact) mass is 486 g/mol. The predicted octanol–water partition coefficient (Wildman–Crippen LogP) is 5.27. The number of hydrogen-bond donors (Lipinski definition) is 1. The fourth-order valence-electron chi connectivity index (χ4n) is 4.87. The maximum atomic E-state index is 13.0. The van der Waals surface area contributed by atoms with Crippen LogP contribution in [0.15, 0.2) is 12.1 Å². The van der Waals surface area contributed by atoms with E-state index < -0.39 is 6.10 Å². The summed E-state index contributed by atoms with van der Waals surface area (Å²) in [7, 11) is 4.56. The number of carbonyl (C=O) groups excluding carboxylic acids is 1. The van der Waals surface area contributed by atoms with E-state index in [4.69, 9.17) is 28.4 Å². The Kier molecular flexibility index (Phi) is 6.92. The molecule has 0 amide bonds. The molecule has 4 rings (SSSR count). The molecule has 0 fully saturated rings. The second-order valence-corrected chi connectivity index (χ2v) is 9.31. The Balaban J connectivity index is 2.07. The van der Waals surface area contributed by atoms with Crippen molar-refractivity contribution < 1.29 is 38.3 Å². The molecule has 0 spiro atoms. The second kappa shape index (κ2) is 9.76. The van der Waals surface area contributed by atoms with Gasteiger partial charge in [0.2, 0.25) is 18.3 Å². The lowest BCUT2D eigenvalue weighted by Gasteiger charge is -2.35. The molecule has 2 aromatic rings. The number of methoxy groups -OCH3 is 3. The molecule has 190 valence electrons. The van der Waals surface area contributed by atoms with E-state index in [0.717, 1.165) is 5.56 Å². The van der Waals surface area contributed by atoms with Gasteiger partial charge in [0.25, 0.3) is 0 Å². The molecule has 1 aliphatic carbocycles. The third-order valence-corrected chi connectivity index (χ3v) is 7.31. The van der Waals surface area contributed by atoms with Crippen LogP contribution < -0.4 is 23.7 Å². The highest BCUT2D eigenvalue weighted by atomic mass is 16.7. The number of fused-ring (bicyclic) bond motifs is 4. The van der Waals surface area contributed by atoms with Crippen molar-refractivity contribution >= 4 is 5.97 Å². The first-order chi connectivity index (χ1) is 16.8. The van der Waals surface area contributed by atoms with E-state index in [1.165, 1.54) is 14.2 Å². The van der Waals surface area contributed by atoms with E-state index in [1.54, 1.807) is 7.11 Å². The van der Waals surface area contributed by atoms with Gasteiger partial charge in [0.1, 0.15) is 6.10 Å². The fraction of sp³-hybridized carbons (Fsp3) is 0.519. The summed E-state index contributed by atoms with van der Waals surface area (Å²) < 4.78 is 34.5. The van der Waals surface area contributed by atoms with Crippen molar-refractivity contribution in [3.8, 4) is 45.6 Å². The summed E-state index contributed by atoms with van der Waals surface area (Å²) in [5, 5.41) is 11.5. The summed E-state index contributed by atoms with van der Waals surface area (Å²) in [5.41, 5.74) is 2.68. The van der Waals surface area contributed by atoms with Crippen LogP contribution in [0.5, 0.6) is 34.5 Å². The number of phenolic OH excluding ortho intramolecular Hbond substituents is 1. The molecular weight excluding hydrogens is 452 g/mol. The highest BCUT2D eigenvalue weighted by molar-refractivity contribution is 5.89. The van der Waals surface area contributed by atoms with Crippen LogP contribution in [0, 0.1) is 17.8 Å². The molecule has 8 nitrogen and oxygen atoms in total. The van der Waals surface area contributed by atoms with E-state index in [1.807, 2.05) is 26.0 Å². The summed E-state index contributed by atoms with van der Waals surface area (Å²) in [6.45, 7) is 8.05. The topological polar surface area (TPSA) is 92.7 Å². The largest absolute Gasteiger partial charge is 0.504 e. The van der Waals surface area contributed by atoms with E-state index >= 15 is 0 Å². The van der Waals surface area contributed by atoms with Gasteiger partial charge in [0.05, 0.1) is 27.2 Å². The maximum absolute atomic E-state index is 13.0. The highest BCUT2D eigenvalue weighted by Gasteiger charge is 2.40. The summed E-state index contributed by atoms with van der Waals surface area (Å²) in [6, 6.07) is 3.72. The smallest absolute Gasteiger partial charge is 0.309 e. The van der Waals surface area contributed by atoms with Crippen molar-refractivity contribution in [3.63, 3.8) is 0 Å². The summed E-state index contributed by atoms with van der Waals surface area (Å²) >= 11 is 0. The Bertz CT molecular complexity index is 1130. The van der Waals surface area contributed by atoms with E-state index in [9.17, 15) is 9.90 Å². The van der Waals surface area contributed by atoms with Crippen LogP contribution in [-0.4, -0.2) is 39.2 Å². The Morgan fingerprint density at radius 3 is 2.43 bits per heavy atom. The second-order valence-electron chi connectivity index (χ2n) is 9.31. The molecule has 1 heterocycles. The number of benzene rings is 2. The molecule has 0 saturated heterocycles. The fourth-order valence-corrected chi connectivity index (χ4v) is 4.87. The molecule has 2 aliphatic rings. The average Bonchev–Trinajstić information content (AvgIpc) is 3.33. The molecule has 8 heteroatoms. The van der Waals surface area contributed by atoms with Gasteiger partial charge in [-0.2, -0.15) is 0 Å². The first kappa shape index (κ1) is 24.8. The van der Waals surface area contributed by atoms with Crippen LogP contribution in [0.25, 0.3) is 11.1 Å². The van der Waals surface area contributed by atoms with Gasteiger partial charge in [-0.15, -0.1) is 0 Å². The Morgan fingerprint density at radius 1 is 1.09 bits per heavy atom.